The Morgan fingerprint density at radius 1 is 1.00 bits per heavy atom. The highest BCUT2D eigenvalue weighted by molar-refractivity contribution is 7.86. The molecule has 1 aromatic heterocycles. The molecule has 2 saturated heterocycles. The molecule has 0 N–H and O–H groups in total. The van der Waals surface area contributed by atoms with Gasteiger partial charge in [-0.15, -0.1) is 0 Å². The minimum atomic E-state index is -3.22. The first kappa shape index (κ1) is 15.9. The van der Waals surface area contributed by atoms with Crippen LogP contribution in [0.15, 0.2) is 24.5 Å². The molecule has 3 rings (SSSR count). The van der Waals surface area contributed by atoms with Crippen LogP contribution >= 0.6 is 0 Å². The van der Waals surface area contributed by atoms with Crippen molar-refractivity contribution < 1.29 is 8.42 Å². The molecule has 22 heavy (non-hydrogen) atoms. The van der Waals surface area contributed by atoms with Crippen molar-refractivity contribution in [3.8, 4) is 0 Å². The molecule has 2 fully saturated rings. The van der Waals surface area contributed by atoms with Gasteiger partial charge in [0.1, 0.15) is 0 Å². The van der Waals surface area contributed by atoms with Gasteiger partial charge < -0.3 is 4.90 Å². The minimum Gasteiger partial charge on any atom is -0.300 e. The summed E-state index contributed by atoms with van der Waals surface area (Å²) in [6, 6.07) is 4.04. The fraction of sp³-hybridized carbons (Fsp3) is 0.667. The molecule has 3 heterocycles. The van der Waals surface area contributed by atoms with Crippen molar-refractivity contribution in [2.75, 3.05) is 45.8 Å². The Bertz CT molecular complexity index is 564. The number of rotatable bonds is 5. The van der Waals surface area contributed by atoms with Gasteiger partial charge in [0.05, 0.1) is 0 Å². The van der Waals surface area contributed by atoms with Gasteiger partial charge in [-0.1, -0.05) is 6.07 Å². The minimum absolute atomic E-state index is 0.603. The topological polar surface area (TPSA) is 56.8 Å². The van der Waals surface area contributed by atoms with Crippen LogP contribution in [0, 0.1) is 0 Å². The van der Waals surface area contributed by atoms with Gasteiger partial charge in [0, 0.05) is 58.2 Å². The lowest BCUT2D eigenvalue weighted by molar-refractivity contribution is 0.184. The summed E-state index contributed by atoms with van der Waals surface area (Å²) in [5.74, 6) is 0. The third-order valence-electron chi connectivity index (χ3n) is 4.49. The van der Waals surface area contributed by atoms with Gasteiger partial charge in [-0.3, -0.25) is 4.98 Å². The van der Waals surface area contributed by atoms with E-state index in [1.807, 2.05) is 12.3 Å². The number of aromatic nitrogens is 1. The highest BCUT2D eigenvalue weighted by Gasteiger charge is 2.33. The van der Waals surface area contributed by atoms with E-state index in [1.54, 1.807) is 14.8 Å². The molecule has 0 aromatic carbocycles. The summed E-state index contributed by atoms with van der Waals surface area (Å²) in [5.41, 5.74) is 1.23. The lowest BCUT2D eigenvalue weighted by atomic mass is 10.2. The van der Waals surface area contributed by atoms with Gasteiger partial charge in [-0.25, -0.2) is 0 Å². The zero-order valence-electron chi connectivity index (χ0n) is 12.9. The Kier molecular flexibility index (Phi) is 5.07. The molecular formula is C15H24N4O2S. The first-order valence-electron chi connectivity index (χ1n) is 8.03. The Labute approximate surface area is 132 Å². The molecule has 122 valence electrons. The van der Waals surface area contributed by atoms with Gasteiger partial charge in [-0.2, -0.15) is 17.0 Å². The molecule has 0 spiro atoms. The van der Waals surface area contributed by atoms with E-state index in [2.05, 4.69) is 16.0 Å². The predicted molar refractivity (Wildman–Crippen MR) is 85.7 cm³/mol. The van der Waals surface area contributed by atoms with Gasteiger partial charge in [0.2, 0.25) is 0 Å². The van der Waals surface area contributed by atoms with E-state index in [9.17, 15) is 8.42 Å². The summed E-state index contributed by atoms with van der Waals surface area (Å²) < 4.78 is 28.3. The van der Waals surface area contributed by atoms with Gasteiger partial charge in [0.25, 0.3) is 10.2 Å². The molecule has 7 heteroatoms. The van der Waals surface area contributed by atoms with Crippen LogP contribution in [0.2, 0.25) is 0 Å². The SMILES string of the molecule is O=S(=O)(N1CCCC1)N1CCN(CCc2cccnc2)CC1. The smallest absolute Gasteiger partial charge is 0.282 e. The number of hydrogen-bond acceptors (Lipinski definition) is 4. The quantitative estimate of drug-likeness (QED) is 0.795. The number of nitrogens with zero attached hydrogens (tertiary/aromatic N) is 4. The summed E-state index contributed by atoms with van der Waals surface area (Å²) >= 11 is 0. The predicted octanol–water partition coefficient (Wildman–Crippen LogP) is 0.582. The summed E-state index contributed by atoms with van der Waals surface area (Å²) in [6.07, 6.45) is 6.63. The zero-order chi connectivity index (χ0) is 15.4. The molecule has 0 amide bonds. The van der Waals surface area contributed by atoms with Crippen LogP contribution in [0.25, 0.3) is 0 Å². The summed E-state index contributed by atoms with van der Waals surface area (Å²) in [4.78, 5) is 6.46. The van der Waals surface area contributed by atoms with Gasteiger partial charge in [0.15, 0.2) is 0 Å². The normalized spacial score (nSPS) is 22.2. The van der Waals surface area contributed by atoms with Crippen molar-refractivity contribution in [1.29, 1.82) is 0 Å². The maximum Gasteiger partial charge on any atom is 0.282 e. The van der Waals surface area contributed by atoms with Crippen LogP contribution in [-0.4, -0.2) is 72.7 Å². The molecule has 1 aromatic rings. The van der Waals surface area contributed by atoms with Crippen LogP contribution in [0.1, 0.15) is 18.4 Å². The van der Waals surface area contributed by atoms with Gasteiger partial charge in [-0.05, 0) is 30.9 Å². The Hall–Kier alpha value is -1.02. The molecule has 0 atom stereocenters. The maximum absolute atomic E-state index is 12.5. The first-order chi connectivity index (χ1) is 10.7. The molecule has 2 aliphatic heterocycles. The van der Waals surface area contributed by atoms with E-state index in [1.165, 1.54) is 5.56 Å². The highest BCUT2D eigenvalue weighted by Crippen LogP contribution is 2.18. The molecular weight excluding hydrogens is 300 g/mol. The van der Waals surface area contributed by atoms with Crippen molar-refractivity contribution in [2.24, 2.45) is 0 Å². The largest absolute Gasteiger partial charge is 0.300 e. The second-order valence-electron chi connectivity index (χ2n) is 5.97. The van der Waals surface area contributed by atoms with Crippen molar-refractivity contribution in [3.63, 3.8) is 0 Å². The standard InChI is InChI=1S/C15H24N4O2S/c20-22(21,18-7-1-2-8-18)19-12-10-17(11-13-19)9-5-15-4-3-6-16-14-15/h3-4,6,14H,1-2,5,7-13H2. The van der Waals surface area contributed by atoms with Crippen molar-refractivity contribution in [1.82, 2.24) is 18.5 Å². The van der Waals surface area contributed by atoms with Crippen LogP contribution in [-0.2, 0) is 16.6 Å². The van der Waals surface area contributed by atoms with E-state index in [4.69, 9.17) is 0 Å². The third kappa shape index (κ3) is 3.65. The number of piperazine rings is 1. The fourth-order valence-corrected chi connectivity index (χ4v) is 4.77. The first-order valence-corrected chi connectivity index (χ1v) is 9.42. The lowest BCUT2D eigenvalue weighted by Crippen LogP contribution is -2.52. The summed E-state index contributed by atoms with van der Waals surface area (Å²) in [7, 11) is -3.22. The van der Waals surface area contributed by atoms with E-state index in [0.717, 1.165) is 38.9 Å². The molecule has 0 saturated carbocycles. The Morgan fingerprint density at radius 3 is 2.32 bits per heavy atom. The van der Waals surface area contributed by atoms with Crippen LogP contribution in [0.5, 0.6) is 0 Å². The third-order valence-corrected chi connectivity index (χ3v) is 6.52. The van der Waals surface area contributed by atoms with Gasteiger partial charge >= 0.3 is 0 Å². The van der Waals surface area contributed by atoms with Crippen molar-refractivity contribution in [3.05, 3.63) is 30.1 Å². The monoisotopic (exact) mass is 324 g/mol. The second kappa shape index (κ2) is 7.04. The maximum atomic E-state index is 12.5. The van der Waals surface area contributed by atoms with Crippen LogP contribution in [0.4, 0.5) is 0 Å². The average molecular weight is 324 g/mol. The zero-order valence-corrected chi connectivity index (χ0v) is 13.7. The Morgan fingerprint density at radius 2 is 1.68 bits per heavy atom. The molecule has 6 nitrogen and oxygen atoms in total. The summed E-state index contributed by atoms with van der Waals surface area (Å²) in [5, 5.41) is 0. The lowest BCUT2D eigenvalue weighted by Gasteiger charge is -2.35. The van der Waals surface area contributed by atoms with E-state index in [-0.39, 0.29) is 0 Å². The van der Waals surface area contributed by atoms with Crippen molar-refractivity contribution >= 4 is 10.2 Å². The second-order valence-corrected chi connectivity index (χ2v) is 7.89. The van der Waals surface area contributed by atoms with E-state index in [0.29, 0.717) is 26.2 Å². The van der Waals surface area contributed by atoms with E-state index >= 15 is 0 Å². The molecule has 0 aliphatic carbocycles. The number of pyridine rings is 1. The molecule has 0 radical (unpaired) electrons. The molecule has 2 aliphatic rings. The number of hydrogen-bond donors (Lipinski definition) is 0. The van der Waals surface area contributed by atoms with E-state index < -0.39 is 10.2 Å². The average Bonchev–Trinajstić information content (AvgIpc) is 3.10. The summed E-state index contributed by atoms with van der Waals surface area (Å²) in [6.45, 7) is 5.16. The van der Waals surface area contributed by atoms with Crippen LogP contribution in [0.3, 0.4) is 0 Å². The van der Waals surface area contributed by atoms with Crippen molar-refractivity contribution in [2.45, 2.75) is 19.3 Å². The highest BCUT2D eigenvalue weighted by atomic mass is 32.2. The fourth-order valence-electron chi connectivity index (χ4n) is 3.10. The molecule has 0 unspecified atom stereocenters. The van der Waals surface area contributed by atoms with Crippen LogP contribution < -0.4 is 0 Å². The Balaban J connectivity index is 1.48. The molecule has 0 bridgehead atoms.